The number of para-hydroxylation sites is 1. The summed E-state index contributed by atoms with van der Waals surface area (Å²) in [4.78, 5) is 7.42. The van der Waals surface area contributed by atoms with Crippen LogP contribution < -0.4 is 20.3 Å². The van der Waals surface area contributed by atoms with Crippen molar-refractivity contribution in [2.75, 3.05) is 37.7 Å². The maximum Gasteiger partial charge on any atom is 0.191 e. The number of guanidine groups is 1. The third-order valence-electron chi connectivity index (χ3n) is 5.55. The third-order valence-corrected chi connectivity index (χ3v) is 6.48. The number of aliphatic imine (C=N–C) groups is 1. The molecule has 0 spiro atoms. The highest BCUT2D eigenvalue weighted by atomic mass is 32.1. The first-order valence-electron chi connectivity index (χ1n) is 10.4. The number of benzene rings is 1. The topological polar surface area (TPSA) is 48.9 Å². The number of anilines is 1. The van der Waals surface area contributed by atoms with Gasteiger partial charge in [0.1, 0.15) is 5.75 Å². The second-order valence-electron chi connectivity index (χ2n) is 7.45. The molecule has 5 nitrogen and oxygen atoms in total. The Bertz CT molecular complexity index is 769. The van der Waals surface area contributed by atoms with Gasteiger partial charge in [-0.1, -0.05) is 18.2 Å². The lowest BCUT2D eigenvalue weighted by Gasteiger charge is -2.33. The van der Waals surface area contributed by atoms with Gasteiger partial charge >= 0.3 is 0 Å². The van der Waals surface area contributed by atoms with Gasteiger partial charge < -0.3 is 20.3 Å². The Morgan fingerprint density at radius 3 is 2.82 bits per heavy atom. The fourth-order valence-corrected chi connectivity index (χ4v) is 4.80. The average molecular weight is 399 g/mol. The van der Waals surface area contributed by atoms with Gasteiger partial charge in [-0.15, -0.1) is 11.3 Å². The third kappa shape index (κ3) is 4.61. The quantitative estimate of drug-likeness (QED) is 0.594. The molecule has 1 atom stereocenters. The van der Waals surface area contributed by atoms with Crippen LogP contribution in [0.4, 0.5) is 5.00 Å². The van der Waals surface area contributed by atoms with E-state index >= 15 is 0 Å². The van der Waals surface area contributed by atoms with E-state index in [0.717, 1.165) is 63.8 Å². The number of thiophene rings is 1. The lowest BCUT2D eigenvalue weighted by atomic mass is 9.93. The van der Waals surface area contributed by atoms with Crippen LogP contribution in [-0.2, 0) is 0 Å². The molecule has 1 saturated heterocycles. The van der Waals surface area contributed by atoms with Crippen molar-refractivity contribution in [3.05, 3.63) is 47.3 Å². The maximum absolute atomic E-state index is 5.79. The molecule has 3 heterocycles. The van der Waals surface area contributed by atoms with E-state index in [-0.39, 0.29) is 0 Å². The van der Waals surface area contributed by atoms with Crippen LogP contribution in [0.25, 0.3) is 0 Å². The number of ether oxygens (including phenoxy) is 1. The molecule has 0 aliphatic carbocycles. The van der Waals surface area contributed by atoms with E-state index in [1.807, 2.05) is 17.4 Å². The van der Waals surface area contributed by atoms with Crippen LogP contribution >= 0.6 is 11.3 Å². The predicted octanol–water partition coefficient (Wildman–Crippen LogP) is 3.84. The van der Waals surface area contributed by atoms with E-state index in [2.05, 4.69) is 58.2 Å². The summed E-state index contributed by atoms with van der Waals surface area (Å²) in [6.45, 7) is 6.78. The molecule has 1 fully saturated rings. The van der Waals surface area contributed by atoms with Gasteiger partial charge in [-0.2, -0.15) is 0 Å². The van der Waals surface area contributed by atoms with E-state index in [1.54, 1.807) is 0 Å². The van der Waals surface area contributed by atoms with Crippen molar-refractivity contribution in [1.29, 1.82) is 0 Å². The molecule has 28 heavy (non-hydrogen) atoms. The Morgan fingerprint density at radius 2 is 2.04 bits per heavy atom. The first kappa shape index (κ1) is 19.1. The minimum Gasteiger partial charge on any atom is -0.493 e. The number of hydrogen-bond donors (Lipinski definition) is 2. The van der Waals surface area contributed by atoms with Crippen molar-refractivity contribution in [2.45, 2.75) is 38.1 Å². The Morgan fingerprint density at radius 1 is 1.18 bits per heavy atom. The zero-order valence-electron chi connectivity index (χ0n) is 16.6. The summed E-state index contributed by atoms with van der Waals surface area (Å²) in [5, 5.41) is 10.6. The summed E-state index contributed by atoms with van der Waals surface area (Å²) in [7, 11) is 0. The monoisotopic (exact) mass is 398 g/mol. The van der Waals surface area contributed by atoms with Crippen molar-refractivity contribution in [1.82, 2.24) is 10.6 Å². The molecule has 1 aromatic carbocycles. The average Bonchev–Trinajstić information content (AvgIpc) is 3.27. The molecule has 2 aliphatic heterocycles. The fraction of sp³-hybridized carbons (Fsp3) is 0.500. The number of nitrogens with zero attached hydrogens (tertiary/aromatic N) is 2. The van der Waals surface area contributed by atoms with Crippen LogP contribution in [0.3, 0.4) is 0 Å². The first-order chi connectivity index (χ1) is 13.8. The largest absolute Gasteiger partial charge is 0.493 e. The van der Waals surface area contributed by atoms with Crippen LogP contribution in [0.15, 0.2) is 46.8 Å². The van der Waals surface area contributed by atoms with Crippen molar-refractivity contribution in [2.24, 2.45) is 4.99 Å². The number of piperidine rings is 1. The van der Waals surface area contributed by atoms with Crippen molar-refractivity contribution in [3.63, 3.8) is 0 Å². The van der Waals surface area contributed by atoms with E-state index in [1.165, 1.54) is 10.6 Å². The molecule has 0 radical (unpaired) electrons. The number of rotatable bonds is 5. The summed E-state index contributed by atoms with van der Waals surface area (Å²) in [6.07, 6.45) is 3.31. The molecule has 0 bridgehead atoms. The minimum atomic E-state index is 0.432. The van der Waals surface area contributed by atoms with Gasteiger partial charge in [0.15, 0.2) is 5.96 Å². The summed E-state index contributed by atoms with van der Waals surface area (Å²) in [5.74, 6) is 2.40. The fourth-order valence-electron chi connectivity index (χ4n) is 4.01. The van der Waals surface area contributed by atoms with Gasteiger partial charge in [-0.05, 0) is 55.3 Å². The smallest absolute Gasteiger partial charge is 0.191 e. The van der Waals surface area contributed by atoms with Gasteiger partial charge in [0.05, 0.1) is 11.6 Å². The number of nitrogens with one attached hydrogen (secondary N) is 2. The first-order valence-corrected chi connectivity index (χ1v) is 11.3. The normalized spacial score (nSPS) is 20.4. The Balaban J connectivity index is 1.34. The Hall–Kier alpha value is -2.21. The van der Waals surface area contributed by atoms with Gasteiger partial charge in [0.25, 0.3) is 0 Å². The lowest BCUT2D eigenvalue weighted by Crippen LogP contribution is -2.48. The minimum absolute atomic E-state index is 0.432. The summed E-state index contributed by atoms with van der Waals surface area (Å²) in [6, 6.07) is 13.2. The van der Waals surface area contributed by atoms with E-state index in [9.17, 15) is 0 Å². The van der Waals surface area contributed by atoms with Crippen molar-refractivity contribution < 1.29 is 4.74 Å². The zero-order valence-corrected chi connectivity index (χ0v) is 17.4. The standard InChI is InChI=1S/C22H30N4OS/c1-2-23-22(24-16-17-11-14-27-20-7-4-3-6-19(17)20)25-18-9-12-26(13-10-18)21-8-5-15-28-21/h3-8,15,17-18H,2,9-14,16H2,1H3,(H2,23,24,25). The van der Waals surface area contributed by atoms with Crippen molar-refractivity contribution >= 4 is 22.3 Å². The SMILES string of the molecule is CCNC(=NCC1CCOc2ccccc21)NC1CCN(c2cccs2)CC1. The highest BCUT2D eigenvalue weighted by Gasteiger charge is 2.23. The van der Waals surface area contributed by atoms with E-state index in [0.29, 0.717) is 12.0 Å². The second-order valence-corrected chi connectivity index (χ2v) is 8.37. The van der Waals surface area contributed by atoms with Gasteiger partial charge in [-0.3, -0.25) is 4.99 Å². The Kier molecular flexibility index (Phi) is 6.37. The van der Waals surface area contributed by atoms with E-state index < -0.39 is 0 Å². The van der Waals surface area contributed by atoms with Crippen LogP contribution in [0.1, 0.15) is 37.7 Å². The van der Waals surface area contributed by atoms with E-state index in [4.69, 9.17) is 9.73 Å². The molecule has 4 rings (SSSR count). The highest BCUT2D eigenvalue weighted by Crippen LogP contribution is 2.33. The molecule has 1 unspecified atom stereocenters. The second kappa shape index (κ2) is 9.32. The molecule has 0 saturated carbocycles. The van der Waals surface area contributed by atoms with Crippen molar-refractivity contribution in [3.8, 4) is 5.75 Å². The predicted molar refractivity (Wildman–Crippen MR) is 118 cm³/mol. The molecule has 6 heteroatoms. The maximum atomic E-state index is 5.79. The molecule has 2 aliphatic rings. The molecular weight excluding hydrogens is 368 g/mol. The van der Waals surface area contributed by atoms with Crippen LogP contribution in [0.2, 0.25) is 0 Å². The summed E-state index contributed by atoms with van der Waals surface area (Å²) in [5.41, 5.74) is 1.29. The summed E-state index contributed by atoms with van der Waals surface area (Å²) < 4.78 is 5.79. The summed E-state index contributed by atoms with van der Waals surface area (Å²) >= 11 is 1.83. The molecule has 2 aromatic rings. The molecule has 0 amide bonds. The lowest BCUT2D eigenvalue weighted by molar-refractivity contribution is 0.269. The van der Waals surface area contributed by atoms with Crippen LogP contribution in [0, 0.1) is 0 Å². The van der Waals surface area contributed by atoms with Gasteiger partial charge in [0.2, 0.25) is 0 Å². The number of fused-ring (bicyclic) bond motifs is 1. The zero-order chi connectivity index (χ0) is 19.2. The number of hydrogen-bond acceptors (Lipinski definition) is 4. The highest BCUT2D eigenvalue weighted by molar-refractivity contribution is 7.14. The molecule has 1 aromatic heterocycles. The molecular formula is C22H30N4OS. The molecule has 150 valence electrons. The van der Waals surface area contributed by atoms with Crippen LogP contribution in [0.5, 0.6) is 5.75 Å². The Labute approximate surface area is 171 Å². The molecule has 2 N–H and O–H groups in total. The van der Waals surface area contributed by atoms with Gasteiger partial charge in [-0.25, -0.2) is 0 Å². The van der Waals surface area contributed by atoms with Crippen LogP contribution in [-0.4, -0.2) is 44.8 Å². The van der Waals surface area contributed by atoms with Gasteiger partial charge in [0, 0.05) is 38.1 Å².